The summed E-state index contributed by atoms with van der Waals surface area (Å²) in [6, 6.07) is 7.29. The molecule has 5 nitrogen and oxygen atoms in total. The predicted octanol–water partition coefficient (Wildman–Crippen LogP) is 3.28. The Kier molecular flexibility index (Phi) is 2.87. The van der Waals surface area contributed by atoms with Crippen LogP contribution in [0.1, 0.15) is 0 Å². The van der Waals surface area contributed by atoms with Crippen molar-refractivity contribution in [1.29, 1.82) is 0 Å². The second-order valence-corrected chi connectivity index (χ2v) is 5.08. The monoisotopic (exact) mass is 311 g/mol. The lowest BCUT2D eigenvalue weighted by Gasteiger charge is -2.03. The molecule has 3 heterocycles. The molecule has 0 saturated heterocycles. The van der Waals surface area contributed by atoms with Crippen molar-refractivity contribution in [2.24, 2.45) is 0 Å². The van der Waals surface area contributed by atoms with E-state index in [1.54, 1.807) is 29.1 Å². The SMILES string of the molecule is Nc1nc(-c2c[nH]c3ncc(F)cc23)cn1-c1ccc(F)cc1. The third kappa shape index (κ3) is 2.22. The average molecular weight is 311 g/mol. The molecule has 23 heavy (non-hydrogen) atoms. The van der Waals surface area contributed by atoms with Gasteiger partial charge in [-0.05, 0) is 30.3 Å². The van der Waals surface area contributed by atoms with E-state index in [1.165, 1.54) is 18.2 Å². The molecule has 0 aliphatic heterocycles. The number of pyridine rings is 1. The van der Waals surface area contributed by atoms with E-state index in [0.717, 1.165) is 6.20 Å². The summed E-state index contributed by atoms with van der Waals surface area (Å²) in [5, 5.41) is 0.619. The van der Waals surface area contributed by atoms with Gasteiger partial charge in [0.1, 0.15) is 17.3 Å². The van der Waals surface area contributed by atoms with Crippen LogP contribution in [0, 0.1) is 11.6 Å². The molecular formula is C16H11F2N5. The number of nitrogens with two attached hydrogens (primary N) is 1. The largest absolute Gasteiger partial charge is 0.369 e. The summed E-state index contributed by atoms with van der Waals surface area (Å²) >= 11 is 0. The van der Waals surface area contributed by atoms with Gasteiger partial charge in [-0.3, -0.25) is 4.57 Å². The highest BCUT2D eigenvalue weighted by Crippen LogP contribution is 2.29. The molecular weight excluding hydrogens is 300 g/mol. The van der Waals surface area contributed by atoms with Crippen molar-refractivity contribution in [2.45, 2.75) is 0 Å². The van der Waals surface area contributed by atoms with Crippen LogP contribution in [-0.4, -0.2) is 19.5 Å². The highest BCUT2D eigenvalue weighted by Gasteiger charge is 2.14. The highest BCUT2D eigenvalue weighted by atomic mass is 19.1. The molecule has 0 bridgehead atoms. The van der Waals surface area contributed by atoms with Gasteiger partial charge >= 0.3 is 0 Å². The van der Waals surface area contributed by atoms with Gasteiger partial charge in [0.25, 0.3) is 0 Å². The Morgan fingerprint density at radius 2 is 1.87 bits per heavy atom. The first kappa shape index (κ1) is 13.4. The van der Waals surface area contributed by atoms with Crippen LogP contribution < -0.4 is 5.73 Å². The fraction of sp³-hybridized carbons (Fsp3) is 0. The normalized spacial score (nSPS) is 11.2. The van der Waals surface area contributed by atoms with Crippen LogP contribution in [0.3, 0.4) is 0 Å². The van der Waals surface area contributed by atoms with Gasteiger partial charge in [-0.15, -0.1) is 0 Å². The lowest BCUT2D eigenvalue weighted by atomic mass is 10.2. The highest BCUT2D eigenvalue weighted by molar-refractivity contribution is 5.92. The molecule has 3 N–H and O–H groups in total. The van der Waals surface area contributed by atoms with E-state index in [4.69, 9.17) is 5.73 Å². The van der Waals surface area contributed by atoms with Gasteiger partial charge in [-0.1, -0.05) is 0 Å². The Bertz CT molecular complexity index is 1000. The number of H-pyrrole nitrogens is 1. The molecule has 0 amide bonds. The van der Waals surface area contributed by atoms with E-state index in [9.17, 15) is 8.78 Å². The number of imidazole rings is 1. The minimum Gasteiger partial charge on any atom is -0.369 e. The summed E-state index contributed by atoms with van der Waals surface area (Å²) in [6.07, 6.45) is 4.57. The number of nitrogens with zero attached hydrogens (tertiary/aromatic N) is 3. The molecule has 7 heteroatoms. The van der Waals surface area contributed by atoms with E-state index < -0.39 is 5.82 Å². The average Bonchev–Trinajstić information content (AvgIpc) is 3.11. The van der Waals surface area contributed by atoms with Crippen molar-refractivity contribution < 1.29 is 8.78 Å². The fourth-order valence-electron chi connectivity index (χ4n) is 2.52. The summed E-state index contributed by atoms with van der Waals surface area (Å²) in [6.45, 7) is 0. The van der Waals surface area contributed by atoms with Gasteiger partial charge in [-0.2, -0.15) is 0 Å². The first-order valence-corrected chi connectivity index (χ1v) is 6.85. The summed E-state index contributed by atoms with van der Waals surface area (Å²) in [5.74, 6) is -0.500. The van der Waals surface area contributed by atoms with Crippen LogP contribution in [-0.2, 0) is 0 Å². The standard InChI is InChI=1S/C16H11F2N5/c17-9-1-3-11(4-2-9)23-8-14(22-16(23)19)13-7-21-15-12(13)5-10(18)6-20-15/h1-8H,(H2,19,22)(H,20,21). The number of aromatic nitrogens is 4. The number of aromatic amines is 1. The van der Waals surface area contributed by atoms with Gasteiger partial charge < -0.3 is 10.7 Å². The van der Waals surface area contributed by atoms with E-state index in [1.807, 2.05) is 0 Å². The number of benzene rings is 1. The molecule has 0 aliphatic carbocycles. The van der Waals surface area contributed by atoms with Gasteiger partial charge in [-0.25, -0.2) is 18.7 Å². The summed E-state index contributed by atoms with van der Waals surface area (Å²) in [7, 11) is 0. The Morgan fingerprint density at radius 3 is 2.65 bits per heavy atom. The third-order valence-corrected chi connectivity index (χ3v) is 3.61. The molecule has 0 fully saturated rings. The van der Waals surface area contributed by atoms with Crippen LogP contribution in [0.2, 0.25) is 0 Å². The lowest BCUT2D eigenvalue weighted by molar-refractivity contribution is 0.624. The van der Waals surface area contributed by atoms with E-state index in [0.29, 0.717) is 28.0 Å². The van der Waals surface area contributed by atoms with Gasteiger partial charge in [0.15, 0.2) is 0 Å². The molecule has 0 spiro atoms. The van der Waals surface area contributed by atoms with Crippen LogP contribution >= 0.6 is 0 Å². The number of hydrogen-bond acceptors (Lipinski definition) is 3. The molecule has 0 aliphatic rings. The van der Waals surface area contributed by atoms with Gasteiger partial charge in [0.2, 0.25) is 5.95 Å². The Morgan fingerprint density at radius 1 is 1.09 bits per heavy atom. The predicted molar refractivity (Wildman–Crippen MR) is 83.0 cm³/mol. The second-order valence-electron chi connectivity index (χ2n) is 5.08. The molecule has 1 aromatic carbocycles. The minimum atomic E-state index is -0.427. The molecule has 3 aromatic heterocycles. The van der Waals surface area contributed by atoms with Crippen molar-refractivity contribution >= 4 is 17.0 Å². The number of hydrogen-bond donors (Lipinski definition) is 2. The number of anilines is 1. The van der Waals surface area contributed by atoms with Crippen molar-refractivity contribution in [3.05, 3.63) is 60.6 Å². The van der Waals surface area contributed by atoms with Crippen molar-refractivity contribution in [1.82, 2.24) is 19.5 Å². The van der Waals surface area contributed by atoms with Crippen molar-refractivity contribution in [2.75, 3.05) is 5.73 Å². The van der Waals surface area contributed by atoms with Crippen LogP contribution in [0.25, 0.3) is 28.0 Å². The van der Waals surface area contributed by atoms with Crippen molar-refractivity contribution in [3.63, 3.8) is 0 Å². The molecule has 114 valence electrons. The first-order chi connectivity index (χ1) is 11.1. The van der Waals surface area contributed by atoms with E-state index in [2.05, 4.69) is 15.0 Å². The van der Waals surface area contributed by atoms with Crippen LogP contribution in [0.15, 0.2) is 48.9 Å². The number of halogens is 2. The van der Waals surface area contributed by atoms with Gasteiger partial charge in [0, 0.05) is 29.0 Å². The van der Waals surface area contributed by atoms with Crippen LogP contribution in [0.4, 0.5) is 14.7 Å². The smallest absolute Gasteiger partial charge is 0.205 e. The number of fused-ring (bicyclic) bond motifs is 1. The van der Waals surface area contributed by atoms with Crippen LogP contribution in [0.5, 0.6) is 0 Å². The zero-order chi connectivity index (χ0) is 16.0. The quantitative estimate of drug-likeness (QED) is 0.597. The summed E-state index contributed by atoms with van der Waals surface area (Å²) in [5.41, 5.74) is 8.47. The summed E-state index contributed by atoms with van der Waals surface area (Å²) < 4.78 is 28.1. The number of nitrogens with one attached hydrogen (secondary N) is 1. The Hall–Kier alpha value is -3.22. The third-order valence-electron chi connectivity index (χ3n) is 3.61. The lowest BCUT2D eigenvalue weighted by Crippen LogP contribution is -1.99. The maximum Gasteiger partial charge on any atom is 0.205 e. The Labute approximate surface area is 129 Å². The molecule has 0 unspecified atom stereocenters. The number of nitrogen functional groups attached to an aromatic ring is 1. The van der Waals surface area contributed by atoms with E-state index >= 15 is 0 Å². The molecule has 0 radical (unpaired) electrons. The maximum atomic E-state index is 13.4. The summed E-state index contributed by atoms with van der Waals surface area (Å²) in [4.78, 5) is 11.3. The second kappa shape index (κ2) is 4.91. The fourth-order valence-corrected chi connectivity index (χ4v) is 2.52. The molecule has 0 saturated carbocycles. The Balaban J connectivity index is 1.85. The van der Waals surface area contributed by atoms with E-state index in [-0.39, 0.29) is 11.8 Å². The molecule has 4 aromatic rings. The zero-order valence-electron chi connectivity index (χ0n) is 11.8. The zero-order valence-corrected chi connectivity index (χ0v) is 11.8. The number of rotatable bonds is 2. The molecule has 4 rings (SSSR count). The maximum absolute atomic E-state index is 13.4. The minimum absolute atomic E-state index is 0.255. The molecule has 0 atom stereocenters. The van der Waals surface area contributed by atoms with Crippen molar-refractivity contribution in [3.8, 4) is 16.9 Å². The topological polar surface area (TPSA) is 72.5 Å². The van der Waals surface area contributed by atoms with Gasteiger partial charge in [0.05, 0.1) is 11.9 Å². The first-order valence-electron chi connectivity index (χ1n) is 6.85.